The number of esters is 1. The largest absolute Gasteiger partial charge is 0.462 e. The molecule has 4 nitrogen and oxygen atoms in total. The van der Waals surface area contributed by atoms with Crippen molar-refractivity contribution in [3.8, 4) is 0 Å². The Labute approximate surface area is 191 Å². The van der Waals surface area contributed by atoms with Crippen LogP contribution in [0, 0.1) is 0 Å². The lowest BCUT2D eigenvalue weighted by Crippen LogP contribution is -2.38. The fourth-order valence-electron chi connectivity index (χ4n) is 4.71. The molecule has 0 saturated heterocycles. The fourth-order valence-corrected chi connectivity index (χ4v) is 6.32. The van der Waals surface area contributed by atoms with Gasteiger partial charge < -0.3 is 15.4 Å². The van der Waals surface area contributed by atoms with Crippen LogP contribution in [0.5, 0.6) is 0 Å². The number of carbonyl (C=O) groups is 1. The van der Waals surface area contributed by atoms with Crippen molar-refractivity contribution in [2.24, 2.45) is 0 Å². The van der Waals surface area contributed by atoms with E-state index in [0.29, 0.717) is 17.8 Å². The fraction of sp³-hybridized carbons (Fsp3) is 0.750. The summed E-state index contributed by atoms with van der Waals surface area (Å²) in [6.45, 7) is 2.26. The molecule has 0 unspecified atom stereocenters. The minimum absolute atomic E-state index is 0.215. The highest BCUT2D eigenvalue weighted by atomic mass is 32.1. The number of aryl methyl sites for hydroxylation is 1. The molecule has 1 fully saturated rings. The highest BCUT2D eigenvalue weighted by Gasteiger charge is 2.27. The predicted octanol–water partition coefficient (Wildman–Crippen LogP) is 6.76. The van der Waals surface area contributed by atoms with Crippen LogP contribution in [0.4, 0.5) is 5.00 Å². The summed E-state index contributed by atoms with van der Waals surface area (Å²) in [6, 6.07) is 0.421. The number of thiocarbonyl (C=S) groups is 1. The lowest BCUT2D eigenvalue weighted by molar-refractivity contribution is 0.0526. The molecule has 6 heteroatoms. The Balaban J connectivity index is 1.63. The average Bonchev–Trinajstić information content (AvgIpc) is 3.08. The molecule has 2 aliphatic carbocycles. The molecule has 1 heterocycles. The number of carbonyl (C=O) groups excluding carboxylic acids is 1. The van der Waals surface area contributed by atoms with Gasteiger partial charge in [-0.1, -0.05) is 57.8 Å². The van der Waals surface area contributed by atoms with Gasteiger partial charge in [-0.3, -0.25) is 0 Å². The maximum absolute atomic E-state index is 12.7. The van der Waals surface area contributed by atoms with Crippen LogP contribution in [0.3, 0.4) is 0 Å². The SMILES string of the molecule is CCOC(=O)c1c(NC(=S)NC2CCCCCCCCCCC2)sc2c1CCCC2. The molecular weight excluding hydrogens is 412 g/mol. The zero-order valence-corrected chi connectivity index (χ0v) is 20.2. The molecule has 0 aliphatic heterocycles. The van der Waals surface area contributed by atoms with E-state index in [0.717, 1.165) is 29.8 Å². The number of rotatable bonds is 4. The van der Waals surface area contributed by atoms with E-state index in [2.05, 4.69) is 10.6 Å². The molecule has 2 aliphatic rings. The van der Waals surface area contributed by atoms with E-state index in [1.807, 2.05) is 6.92 Å². The maximum atomic E-state index is 12.7. The second-order valence-electron chi connectivity index (χ2n) is 8.69. The van der Waals surface area contributed by atoms with Crippen molar-refractivity contribution in [3.05, 3.63) is 16.0 Å². The van der Waals surface area contributed by atoms with E-state index >= 15 is 0 Å². The molecule has 30 heavy (non-hydrogen) atoms. The topological polar surface area (TPSA) is 50.4 Å². The summed E-state index contributed by atoms with van der Waals surface area (Å²) >= 11 is 7.37. The van der Waals surface area contributed by atoms with Gasteiger partial charge in [-0.25, -0.2) is 4.79 Å². The Morgan fingerprint density at radius 2 is 1.57 bits per heavy atom. The molecule has 0 aromatic carbocycles. The molecule has 2 N–H and O–H groups in total. The second-order valence-corrected chi connectivity index (χ2v) is 10.2. The van der Waals surface area contributed by atoms with E-state index in [4.69, 9.17) is 17.0 Å². The van der Waals surface area contributed by atoms with Crippen LogP contribution in [0.2, 0.25) is 0 Å². The van der Waals surface area contributed by atoms with E-state index in [1.54, 1.807) is 11.3 Å². The number of hydrogen-bond acceptors (Lipinski definition) is 4. The third-order valence-corrected chi connectivity index (χ3v) is 7.75. The molecule has 0 bridgehead atoms. The first-order chi connectivity index (χ1) is 14.7. The van der Waals surface area contributed by atoms with Gasteiger partial charge in [0.05, 0.1) is 12.2 Å². The van der Waals surface area contributed by atoms with Gasteiger partial charge in [-0.15, -0.1) is 11.3 Å². The van der Waals surface area contributed by atoms with Crippen LogP contribution in [-0.2, 0) is 17.6 Å². The Hall–Kier alpha value is -1.14. The summed E-state index contributed by atoms with van der Waals surface area (Å²) < 4.78 is 5.37. The number of thiophene rings is 1. The van der Waals surface area contributed by atoms with Crippen LogP contribution in [0.1, 0.15) is 111 Å². The third kappa shape index (κ3) is 6.94. The first kappa shape index (κ1) is 23.5. The van der Waals surface area contributed by atoms with Crippen molar-refractivity contribution in [2.45, 2.75) is 109 Å². The van der Waals surface area contributed by atoms with Gasteiger partial charge in [0.25, 0.3) is 0 Å². The van der Waals surface area contributed by atoms with Crippen molar-refractivity contribution < 1.29 is 9.53 Å². The van der Waals surface area contributed by atoms with E-state index in [-0.39, 0.29) is 5.97 Å². The minimum Gasteiger partial charge on any atom is -0.462 e. The molecule has 0 atom stereocenters. The maximum Gasteiger partial charge on any atom is 0.341 e. The first-order valence-corrected chi connectivity index (χ1v) is 13.3. The second kappa shape index (κ2) is 12.7. The smallest absolute Gasteiger partial charge is 0.341 e. The van der Waals surface area contributed by atoms with Crippen LogP contribution in [-0.4, -0.2) is 23.7 Å². The Morgan fingerprint density at radius 1 is 0.967 bits per heavy atom. The van der Waals surface area contributed by atoms with Gasteiger partial charge in [-0.05, 0) is 63.2 Å². The first-order valence-electron chi connectivity index (χ1n) is 12.1. The average molecular weight is 451 g/mol. The highest BCUT2D eigenvalue weighted by molar-refractivity contribution is 7.80. The quantitative estimate of drug-likeness (QED) is 0.392. The monoisotopic (exact) mass is 450 g/mol. The zero-order chi connectivity index (χ0) is 21.2. The van der Waals surface area contributed by atoms with Crippen LogP contribution in [0.25, 0.3) is 0 Å². The highest BCUT2D eigenvalue weighted by Crippen LogP contribution is 2.38. The molecule has 1 aromatic heterocycles. The van der Waals surface area contributed by atoms with Crippen LogP contribution in [0.15, 0.2) is 0 Å². The Bertz CT molecular complexity index is 690. The Morgan fingerprint density at radius 3 is 2.20 bits per heavy atom. The summed E-state index contributed by atoms with van der Waals surface area (Å²) in [7, 11) is 0. The van der Waals surface area contributed by atoms with Crippen LogP contribution >= 0.6 is 23.6 Å². The standard InChI is InChI=1S/C24H38N2O2S2/c1-2-28-23(27)21-19-16-12-13-17-20(19)30-22(21)26-24(29)25-18-14-10-8-6-4-3-5-7-9-11-15-18/h18H,2-17H2,1H3,(H2,25,26,29). The zero-order valence-electron chi connectivity index (χ0n) is 18.5. The molecule has 1 saturated carbocycles. The van der Waals surface area contributed by atoms with E-state index in [1.165, 1.54) is 87.5 Å². The van der Waals surface area contributed by atoms with Crippen LogP contribution < -0.4 is 10.6 Å². The van der Waals surface area contributed by atoms with Gasteiger partial charge in [0.15, 0.2) is 5.11 Å². The molecule has 168 valence electrons. The minimum atomic E-state index is -0.215. The third-order valence-electron chi connectivity index (χ3n) is 6.32. The number of hydrogen-bond donors (Lipinski definition) is 2. The number of ether oxygens (including phenoxy) is 1. The van der Waals surface area contributed by atoms with E-state index < -0.39 is 0 Å². The molecule has 0 spiro atoms. The number of nitrogens with one attached hydrogen (secondary N) is 2. The van der Waals surface area contributed by atoms with Crippen molar-refractivity contribution in [2.75, 3.05) is 11.9 Å². The van der Waals surface area contributed by atoms with Gasteiger partial charge in [-0.2, -0.15) is 0 Å². The predicted molar refractivity (Wildman–Crippen MR) is 131 cm³/mol. The molecular formula is C24H38N2O2S2. The van der Waals surface area contributed by atoms with Gasteiger partial charge >= 0.3 is 5.97 Å². The van der Waals surface area contributed by atoms with Gasteiger partial charge in [0.1, 0.15) is 5.00 Å². The van der Waals surface area contributed by atoms with Crippen molar-refractivity contribution in [1.29, 1.82) is 0 Å². The van der Waals surface area contributed by atoms with E-state index in [9.17, 15) is 4.79 Å². The molecule has 0 amide bonds. The molecule has 1 aromatic rings. The Kier molecular flexibility index (Phi) is 9.92. The summed E-state index contributed by atoms with van der Waals surface area (Å²) in [5.74, 6) is -0.215. The summed E-state index contributed by atoms with van der Waals surface area (Å²) in [5, 5.41) is 8.47. The molecule has 0 radical (unpaired) electrons. The van der Waals surface area contributed by atoms with Gasteiger partial charge in [0, 0.05) is 10.9 Å². The lowest BCUT2D eigenvalue weighted by atomic mass is 9.95. The summed E-state index contributed by atoms with van der Waals surface area (Å²) in [5.41, 5.74) is 1.90. The molecule has 3 rings (SSSR count). The number of fused-ring (bicyclic) bond motifs is 1. The van der Waals surface area contributed by atoms with Crippen molar-refractivity contribution in [1.82, 2.24) is 5.32 Å². The summed E-state index contributed by atoms with van der Waals surface area (Å²) in [4.78, 5) is 14.0. The van der Waals surface area contributed by atoms with Crippen molar-refractivity contribution in [3.63, 3.8) is 0 Å². The summed E-state index contributed by atoms with van der Waals surface area (Å²) in [6.07, 6.45) is 18.8. The van der Waals surface area contributed by atoms with Gasteiger partial charge in [0.2, 0.25) is 0 Å². The lowest BCUT2D eigenvalue weighted by Gasteiger charge is -2.21. The van der Waals surface area contributed by atoms with Crippen molar-refractivity contribution >= 4 is 39.6 Å². The normalized spacial score (nSPS) is 19.1. The number of anilines is 1.